The van der Waals surface area contributed by atoms with Crippen molar-refractivity contribution in [2.75, 3.05) is 13.2 Å². The summed E-state index contributed by atoms with van der Waals surface area (Å²) in [4.78, 5) is 0. The van der Waals surface area contributed by atoms with Crippen molar-refractivity contribution in [2.45, 2.75) is 25.3 Å². The van der Waals surface area contributed by atoms with Gasteiger partial charge in [-0.3, -0.25) is 0 Å². The highest BCUT2D eigenvalue weighted by Crippen LogP contribution is 2.29. The average molecular weight is 281 g/mol. The second kappa shape index (κ2) is 5.73. The van der Waals surface area contributed by atoms with E-state index < -0.39 is 34.8 Å². The molecular weight excluding hydrogens is 269 g/mol. The van der Waals surface area contributed by atoms with Gasteiger partial charge in [0.15, 0.2) is 5.75 Å². The Morgan fingerprint density at radius 1 is 0.895 bits per heavy atom. The van der Waals surface area contributed by atoms with E-state index in [0.717, 1.165) is 12.8 Å². The lowest BCUT2D eigenvalue weighted by Crippen LogP contribution is -2.19. The van der Waals surface area contributed by atoms with Crippen LogP contribution in [0.1, 0.15) is 19.3 Å². The molecule has 1 N–H and O–H groups in total. The first kappa shape index (κ1) is 14.0. The molecule has 7 heteroatoms. The summed E-state index contributed by atoms with van der Waals surface area (Å²) in [5, 5.41) is 3.13. The lowest BCUT2D eigenvalue weighted by Gasteiger charge is -2.10. The molecule has 106 valence electrons. The Morgan fingerprint density at radius 3 is 1.95 bits per heavy atom. The van der Waals surface area contributed by atoms with Crippen LogP contribution in [0.15, 0.2) is 0 Å². The topological polar surface area (TPSA) is 21.3 Å². The fraction of sp³-hybridized carbons (Fsp3) is 0.500. The molecule has 0 atom stereocenters. The molecule has 0 heterocycles. The van der Waals surface area contributed by atoms with Crippen molar-refractivity contribution in [1.82, 2.24) is 5.32 Å². The highest BCUT2D eigenvalue weighted by Gasteiger charge is 2.27. The lowest BCUT2D eigenvalue weighted by molar-refractivity contribution is 0.257. The highest BCUT2D eigenvalue weighted by atomic mass is 19.2. The summed E-state index contributed by atoms with van der Waals surface area (Å²) < 4.78 is 69.4. The average Bonchev–Trinajstić information content (AvgIpc) is 3.21. The van der Waals surface area contributed by atoms with Crippen LogP contribution in [0.2, 0.25) is 0 Å². The summed E-state index contributed by atoms with van der Waals surface area (Å²) in [6.07, 6.45) is 2.60. The normalized spacial score (nSPS) is 14.8. The van der Waals surface area contributed by atoms with Crippen LogP contribution in [-0.4, -0.2) is 19.2 Å². The van der Waals surface area contributed by atoms with E-state index in [1.165, 1.54) is 0 Å². The van der Waals surface area contributed by atoms with Crippen LogP contribution in [0.4, 0.5) is 22.0 Å². The summed E-state index contributed by atoms with van der Waals surface area (Å²) >= 11 is 0. The molecule has 1 aromatic carbocycles. The Balaban J connectivity index is 1.94. The molecule has 0 amide bonds. The zero-order chi connectivity index (χ0) is 14.0. The zero-order valence-electron chi connectivity index (χ0n) is 9.91. The second-order valence-electron chi connectivity index (χ2n) is 4.33. The van der Waals surface area contributed by atoms with Gasteiger partial charge < -0.3 is 10.1 Å². The third-order valence-corrected chi connectivity index (χ3v) is 2.75. The first-order valence-electron chi connectivity index (χ1n) is 5.90. The summed E-state index contributed by atoms with van der Waals surface area (Å²) in [5.74, 6) is -11.3. The van der Waals surface area contributed by atoms with E-state index in [0.29, 0.717) is 19.0 Å². The predicted octanol–water partition coefficient (Wildman–Crippen LogP) is 2.90. The molecule has 0 radical (unpaired) electrons. The van der Waals surface area contributed by atoms with Gasteiger partial charge in [-0.25, -0.2) is 13.2 Å². The number of hydrogen-bond donors (Lipinski definition) is 1. The predicted molar refractivity (Wildman–Crippen MR) is 57.4 cm³/mol. The van der Waals surface area contributed by atoms with Crippen LogP contribution in [0.25, 0.3) is 0 Å². The highest BCUT2D eigenvalue weighted by molar-refractivity contribution is 5.29. The molecule has 0 aromatic heterocycles. The largest absolute Gasteiger partial charge is 0.487 e. The standard InChI is InChI=1S/C12H12F5NO/c13-7-8(14)10(16)12(11(17)9(7)15)19-5-1-4-18-6-2-3-6/h6,18H,1-5H2. The van der Waals surface area contributed by atoms with Crippen LogP contribution in [0.5, 0.6) is 5.75 Å². The van der Waals surface area contributed by atoms with Crippen LogP contribution < -0.4 is 10.1 Å². The van der Waals surface area contributed by atoms with Crippen molar-refractivity contribution in [3.05, 3.63) is 29.1 Å². The Morgan fingerprint density at radius 2 is 1.42 bits per heavy atom. The first-order chi connectivity index (χ1) is 9.02. The molecule has 2 nitrogen and oxygen atoms in total. The summed E-state index contributed by atoms with van der Waals surface area (Å²) in [6.45, 7) is 0.443. The van der Waals surface area contributed by atoms with Gasteiger partial charge >= 0.3 is 0 Å². The Kier molecular flexibility index (Phi) is 4.24. The summed E-state index contributed by atoms with van der Waals surface area (Å²) in [5.41, 5.74) is 0. The number of nitrogens with one attached hydrogen (secondary N) is 1. The van der Waals surface area contributed by atoms with Gasteiger partial charge in [0.25, 0.3) is 0 Å². The van der Waals surface area contributed by atoms with Gasteiger partial charge in [-0.05, 0) is 25.8 Å². The fourth-order valence-electron chi connectivity index (χ4n) is 1.55. The third-order valence-electron chi connectivity index (χ3n) is 2.75. The smallest absolute Gasteiger partial charge is 0.206 e. The molecular formula is C12H12F5NO. The number of rotatable bonds is 6. The minimum absolute atomic E-state index is 0.127. The van der Waals surface area contributed by atoms with E-state index >= 15 is 0 Å². The molecule has 1 aliphatic carbocycles. The maximum atomic E-state index is 13.2. The number of benzene rings is 1. The van der Waals surface area contributed by atoms with Crippen molar-refractivity contribution < 1.29 is 26.7 Å². The van der Waals surface area contributed by atoms with Crippen molar-refractivity contribution in [3.63, 3.8) is 0 Å². The maximum Gasteiger partial charge on any atom is 0.206 e. The van der Waals surface area contributed by atoms with Gasteiger partial charge in [-0.1, -0.05) is 0 Å². The van der Waals surface area contributed by atoms with Crippen molar-refractivity contribution >= 4 is 0 Å². The van der Waals surface area contributed by atoms with E-state index in [2.05, 4.69) is 10.1 Å². The van der Waals surface area contributed by atoms with E-state index in [-0.39, 0.29) is 6.61 Å². The molecule has 0 bridgehead atoms. The van der Waals surface area contributed by atoms with E-state index in [4.69, 9.17) is 0 Å². The van der Waals surface area contributed by atoms with Crippen molar-refractivity contribution in [1.29, 1.82) is 0 Å². The maximum absolute atomic E-state index is 13.2. The first-order valence-corrected chi connectivity index (χ1v) is 5.90. The molecule has 1 fully saturated rings. The molecule has 1 aromatic rings. The lowest BCUT2D eigenvalue weighted by atomic mass is 10.2. The fourth-order valence-corrected chi connectivity index (χ4v) is 1.55. The third kappa shape index (κ3) is 3.15. The molecule has 2 rings (SSSR count). The van der Waals surface area contributed by atoms with E-state index in [1.54, 1.807) is 0 Å². The monoisotopic (exact) mass is 281 g/mol. The minimum Gasteiger partial charge on any atom is -0.487 e. The quantitative estimate of drug-likeness (QED) is 0.375. The summed E-state index contributed by atoms with van der Waals surface area (Å²) in [7, 11) is 0. The molecule has 0 aliphatic heterocycles. The van der Waals surface area contributed by atoms with Crippen LogP contribution >= 0.6 is 0 Å². The van der Waals surface area contributed by atoms with Crippen molar-refractivity contribution in [2.24, 2.45) is 0 Å². The van der Waals surface area contributed by atoms with Crippen LogP contribution in [0, 0.1) is 29.1 Å². The Hall–Kier alpha value is -1.37. The molecule has 0 saturated heterocycles. The molecule has 0 spiro atoms. The van der Waals surface area contributed by atoms with Crippen molar-refractivity contribution in [3.8, 4) is 5.75 Å². The van der Waals surface area contributed by atoms with E-state index in [9.17, 15) is 22.0 Å². The molecule has 19 heavy (non-hydrogen) atoms. The minimum atomic E-state index is -2.18. The molecule has 1 saturated carbocycles. The van der Waals surface area contributed by atoms with Gasteiger partial charge in [-0.2, -0.15) is 8.78 Å². The summed E-state index contributed by atoms with van der Waals surface area (Å²) in [6, 6.07) is 0.481. The SMILES string of the molecule is Fc1c(F)c(F)c(OCCCNC2CC2)c(F)c1F. The van der Waals surface area contributed by atoms with Crippen LogP contribution in [-0.2, 0) is 0 Å². The Bertz CT molecular complexity index is 447. The van der Waals surface area contributed by atoms with Crippen LogP contribution in [0.3, 0.4) is 0 Å². The molecule has 1 aliphatic rings. The van der Waals surface area contributed by atoms with Gasteiger partial charge in [0.2, 0.25) is 29.1 Å². The molecule has 0 unspecified atom stereocenters. The second-order valence-corrected chi connectivity index (χ2v) is 4.33. The van der Waals surface area contributed by atoms with Gasteiger partial charge in [-0.15, -0.1) is 0 Å². The Labute approximate surface area is 106 Å². The number of halogens is 5. The zero-order valence-corrected chi connectivity index (χ0v) is 9.91. The van der Waals surface area contributed by atoms with Gasteiger partial charge in [0.1, 0.15) is 0 Å². The number of ether oxygens (including phenoxy) is 1. The van der Waals surface area contributed by atoms with E-state index in [1.807, 2.05) is 0 Å². The number of hydrogen-bond acceptors (Lipinski definition) is 2. The van der Waals surface area contributed by atoms with Gasteiger partial charge in [0.05, 0.1) is 6.61 Å². The van der Waals surface area contributed by atoms with Gasteiger partial charge in [0, 0.05) is 6.04 Å².